The van der Waals surface area contributed by atoms with Gasteiger partial charge >= 0.3 is 6.03 Å². The van der Waals surface area contributed by atoms with Crippen molar-refractivity contribution in [3.05, 3.63) is 28.7 Å². The fourth-order valence-corrected chi connectivity index (χ4v) is 2.18. The molecule has 1 aromatic rings. The fourth-order valence-electron chi connectivity index (χ4n) is 1.05. The molecule has 0 saturated heterocycles. The van der Waals surface area contributed by atoms with Gasteiger partial charge in [-0.3, -0.25) is 10.1 Å². The number of hydrogen-bond donors (Lipinski definition) is 2. The highest BCUT2D eigenvalue weighted by molar-refractivity contribution is 9.10. The molecule has 0 spiro atoms. The summed E-state index contributed by atoms with van der Waals surface area (Å²) in [5.41, 5.74) is 0. The average molecular weight is 317 g/mol. The number of urea groups is 1. The number of benzene rings is 1. The van der Waals surface area contributed by atoms with Crippen LogP contribution in [0.4, 0.5) is 4.79 Å². The molecule has 1 atom stereocenters. The van der Waals surface area contributed by atoms with Gasteiger partial charge in [-0.25, -0.2) is 4.79 Å². The number of thioether (sulfide) groups is 1. The van der Waals surface area contributed by atoms with Gasteiger partial charge in [-0.2, -0.15) is 0 Å². The summed E-state index contributed by atoms with van der Waals surface area (Å²) in [7, 11) is 1.47. The molecule has 2 N–H and O–H groups in total. The molecule has 6 heteroatoms. The van der Waals surface area contributed by atoms with Crippen LogP contribution in [0.15, 0.2) is 33.6 Å². The number of imide groups is 1. The van der Waals surface area contributed by atoms with E-state index >= 15 is 0 Å². The Kier molecular flexibility index (Phi) is 5.50. The number of amides is 3. The molecule has 0 bridgehead atoms. The van der Waals surface area contributed by atoms with Crippen molar-refractivity contribution in [3.8, 4) is 0 Å². The lowest BCUT2D eigenvalue weighted by molar-refractivity contribution is -0.119. The molecule has 4 nitrogen and oxygen atoms in total. The maximum Gasteiger partial charge on any atom is 0.321 e. The fraction of sp³-hybridized carbons (Fsp3) is 0.273. The van der Waals surface area contributed by atoms with Gasteiger partial charge in [0.15, 0.2) is 0 Å². The number of nitrogens with one attached hydrogen (secondary N) is 2. The third kappa shape index (κ3) is 4.79. The summed E-state index contributed by atoms with van der Waals surface area (Å²) in [5.74, 6) is -0.308. The van der Waals surface area contributed by atoms with E-state index < -0.39 is 6.03 Å². The van der Waals surface area contributed by atoms with Gasteiger partial charge in [0.25, 0.3) is 0 Å². The minimum absolute atomic E-state index is 0.308. The minimum atomic E-state index is -0.488. The topological polar surface area (TPSA) is 58.2 Å². The molecule has 0 aliphatic rings. The van der Waals surface area contributed by atoms with Crippen LogP contribution < -0.4 is 10.6 Å². The maximum absolute atomic E-state index is 11.6. The van der Waals surface area contributed by atoms with E-state index in [1.807, 2.05) is 24.3 Å². The first-order valence-electron chi connectivity index (χ1n) is 4.97. The van der Waals surface area contributed by atoms with Crippen LogP contribution in [0.25, 0.3) is 0 Å². The Hall–Kier alpha value is -1.01. The number of halogens is 1. The summed E-state index contributed by atoms with van der Waals surface area (Å²) in [6, 6.07) is 7.16. The predicted molar refractivity (Wildman–Crippen MR) is 72.1 cm³/mol. The maximum atomic E-state index is 11.6. The lowest BCUT2D eigenvalue weighted by atomic mass is 10.4. The van der Waals surface area contributed by atoms with Gasteiger partial charge in [-0.05, 0) is 31.2 Å². The van der Waals surface area contributed by atoms with Gasteiger partial charge in [0, 0.05) is 16.4 Å². The number of hydrogen-bond acceptors (Lipinski definition) is 3. The molecule has 0 aliphatic heterocycles. The first-order valence-corrected chi connectivity index (χ1v) is 6.65. The van der Waals surface area contributed by atoms with Gasteiger partial charge in [0.2, 0.25) is 5.91 Å². The van der Waals surface area contributed by atoms with Crippen LogP contribution in [-0.2, 0) is 4.79 Å². The number of carbonyl (C=O) groups excluding carboxylic acids is 2. The molecule has 0 saturated carbocycles. The molecular weight excluding hydrogens is 304 g/mol. The third-order valence-electron chi connectivity index (χ3n) is 1.96. The number of carbonyl (C=O) groups is 2. The molecule has 0 aromatic heterocycles. The molecule has 0 radical (unpaired) electrons. The molecule has 92 valence electrons. The molecule has 0 aliphatic carbocycles. The zero-order valence-electron chi connectivity index (χ0n) is 9.49. The van der Waals surface area contributed by atoms with Crippen LogP contribution in [0.3, 0.4) is 0 Å². The van der Waals surface area contributed by atoms with Crippen LogP contribution >= 0.6 is 27.7 Å². The van der Waals surface area contributed by atoms with Crippen LogP contribution in [0.1, 0.15) is 6.92 Å². The van der Waals surface area contributed by atoms with Gasteiger partial charge in [0.05, 0.1) is 5.25 Å². The summed E-state index contributed by atoms with van der Waals surface area (Å²) < 4.78 is 0.990. The standard InChI is InChI=1S/C11H13BrN2O2S/c1-7(10(15)14-11(16)13-2)17-9-5-3-8(12)4-6-9/h3-7H,1-2H3,(H2,13,14,15,16)/t7-/m0/s1. The zero-order valence-corrected chi connectivity index (χ0v) is 11.9. The van der Waals surface area contributed by atoms with Gasteiger partial charge < -0.3 is 5.32 Å². The van der Waals surface area contributed by atoms with Crippen molar-refractivity contribution in [1.82, 2.24) is 10.6 Å². The molecule has 3 amide bonds. The molecular formula is C11H13BrN2O2S. The van der Waals surface area contributed by atoms with E-state index in [-0.39, 0.29) is 11.2 Å². The van der Waals surface area contributed by atoms with Crippen molar-refractivity contribution < 1.29 is 9.59 Å². The van der Waals surface area contributed by atoms with Gasteiger partial charge in [-0.1, -0.05) is 15.9 Å². The molecule has 0 heterocycles. The molecule has 1 aromatic carbocycles. The largest absolute Gasteiger partial charge is 0.341 e. The van der Waals surface area contributed by atoms with Crippen molar-refractivity contribution in [2.75, 3.05) is 7.05 Å². The molecule has 1 rings (SSSR count). The summed E-state index contributed by atoms with van der Waals surface area (Å²) in [5, 5.41) is 4.25. The first kappa shape index (κ1) is 14.1. The van der Waals surface area contributed by atoms with Gasteiger partial charge in [-0.15, -0.1) is 11.8 Å². The van der Waals surface area contributed by atoms with Crippen molar-refractivity contribution in [2.45, 2.75) is 17.1 Å². The second-order valence-corrected chi connectivity index (χ2v) is 5.61. The van der Waals surface area contributed by atoms with Gasteiger partial charge in [0.1, 0.15) is 0 Å². The van der Waals surface area contributed by atoms with E-state index in [0.717, 1.165) is 9.37 Å². The third-order valence-corrected chi connectivity index (χ3v) is 3.60. The molecule has 0 unspecified atom stereocenters. The SMILES string of the molecule is CNC(=O)NC(=O)[C@H](C)Sc1ccc(Br)cc1. The van der Waals surface area contributed by atoms with E-state index in [9.17, 15) is 9.59 Å². The van der Waals surface area contributed by atoms with E-state index in [2.05, 4.69) is 26.6 Å². The summed E-state index contributed by atoms with van der Waals surface area (Å²) in [6.07, 6.45) is 0. The van der Waals surface area contributed by atoms with E-state index in [1.54, 1.807) is 6.92 Å². The smallest absolute Gasteiger partial charge is 0.321 e. The summed E-state index contributed by atoms with van der Waals surface area (Å²) in [4.78, 5) is 23.5. The molecule has 0 fully saturated rings. The Bertz CT molecular complexity index is 408. The van der Waals surface area contributed by atoms with Crippen molar-refractivity contribution >= 4 is 39.6 Å². The molecule has 17 heavy (non-hydrogen) atoms. The van der Waals surface area contributed by atoms with Crippen LogP contribution in [-0.4, -0.2) is 24.2 Å². The highest BCUT2D eigenvalue weighted by Gasteiger charge is 2.16. The normalized spacial score (nSPS) is 11.7. The van der Waals surface area contributed by atoms with Crippen LogP contribution in [0.2, 0.25) is 0 Å². The lowest BCUT2D eigenvalue weighted by Crippen LogP contribution is -2.41. The number of rotatable bonds is 3. The van der Waals surface area contributed by atoms with Crippen molar-refractivity contribution in [3.63, 3.8) is 0 Å². The summed E-state index contributed by atoms with van der Waals surface area (Å²) >= 11 is 4.74. The predicted octanol–water partition coefficient (Wildman–Crippen LogP) is 2.39. The summed E-state index contributed by atoms with van der Waals surface area (Å²) in [6.45, 7) is 1.75. The first-order chi connectivity index (χ1) is 8.02. The minimum Gasteiger partial charge on any atom is -0.341 e. The van der Waals surface area contributed by atoms with E-state index in [1.165, 1.54) is 18.8 Å². The second kappa shape index (κ2) is 6.66. The van der Waals surface area contributed by atoms with E-state index in [0.29, 0.717) is 0 Å². The monoisotopic (exact) mass is 316 g/mol. The zero-order chi connectivity index (χ0) is 12.8. The van der Waals surface area contributed by atoms with Crippen molar-refractivity contribution in [2.24, 2.45) is 0 Å². The van der Waals surface area contributed by atoms with Crippen LogP contribution in [0, 0.1) is 0 Å². The highest BCUT2D eigenvalue weighted by atomic mass is 79.9. The van der Waals surface area contributed by atoms with Crippen LogP contribution in [0.5, 0.6) is 0 Å². The average Bonchev–Trinajstić information content (AvgIpc) is 2.31. The quantitative estimate of drug-likeness (QED) is 0.842. The Labute approximate surface area is 113 Å². The lowest BCUT2D eigenvalue weighted by Gasteiger charge is -2.10. The van der Waals surface area contributed by atoms with Crippen molar-refractivity contribution in [1.29, 1.82) is 0 Å². The Balaban J connectivity index is 2.54. The Morgan fingerprint density at radius 3 is 2.41 bits per heavy atom. The Morgan fingerprint density at radius 2 is 1.88 bits per heavy atom. The van der Waals surface area contributed by atoms with E-state index in [4.69, 9.17) is 0 Å². The highest BCUT2D eigenvalue weighted by Crippen LogP contribution is 2.24. The second-order valence-electron chi connectivity index (χ2n) is 3.28. The Morgan fingerprint density at radius 1 is 1.29 bits per heavy atom.